The Hall–Kier alpha value is -2.85. The fourth-order valence-corrected chi connectivity index (χ4v) is 3.45. The van der Waals surface area contributed by atoms with E-state index in [0.717, 1.165) is 11.8 Å². The molecule has 0 heterocycles. The first kappa shape index (κ1) is 19.5. The molecule has 7 heteroatoms. The van der Waals surface area contributed by atoms with Crippen molar-refractivity contribution in [3.8, 4) is 6.07 Å². The summed E-state index contributed by atoms with van der Waals surface area (Å²) in [6.07, 6.45) is 1.17. The number of carbonyl (C=O) groups is 1. The lowest BCUT2D eigenvalue weighted by Crippen LogP contribution is -2.35. The molecule has 1 amide bonds. The Morgan fingerprint density at radius 2 is 1.69 bits per heavy atom. The van der Waals surface area contributed by atoms with Gasteiger partial charge in [0.05, 0.1) is 23.6 Å². The van der Waals surface area contributed by atoms with Gasteiger partial charge < -0.3 is 4.90 Å². The molecule has 26 heavy (non-hydrogen) atoms. The van der Waals surface area contributed by atoms with Gasteiger partial charge in [-0.1, -0.05) is 30.3 Å². The number of hydrogen-bond acceptors (Lipinski definition) is 4. The maximum Gasteiger partial charge on any atom is 0.232 e. The molecule has 0 aliphatic carbocycles. The first-order chi connectivity index (χ1) is 12.3. The summed E-state index contributed by atoms with van der Waals surface area (Å²) in [4.78, 5) is 13.9. The molecule has 136 valence electrons. The summed E-state index contributed by atoms with van der Waals surface area (Å²) in [6, 6.07) is 17.8. The van der Waals surface area contributed by atoms with E-state index in [-0.39, 0.29) is 18.9 Å². The molecule has 0 radical (unpaired) electrons. The maximum atomic E-state index is 12.4. The van der Waals surface area contributed by atoms with Gasteiger partial charge in [-0.3, -0.25) is 9.10 Å². The van der Waals surface area contributed by atoms with Crippen LogP contribution >= 0.6 is 0 Å². The minimum Gasteiger partial charge on any atom is -0.341 e. The molecule has 0 fully saturated rings. The lowest BCUT2D eigenvalue weighted by atomic mass is 10.2. The van der Waals surface area contributed by atoms with Gasteiger partial charge in [-0.15, -0.1) is 0 Å². The third kappa shape index (κ3) is 5.33. The van der Waals surface area contributed by atoms with Crippen LogP contribution in [0, 0.1) is 11.3 Å². The second-order valence-electron chi connectivity index (χ2n) is 5.98. The predicted octanol–water partition coefficient (Wildman–Crippen LogP) is 2.37. The van der Waals surface area contributed by atoms with Gasteiger partial charge in [-0.05, 0) is 29.8 Å². The number of benzene rings is 2. The average Bonchev–Trinajstić information content (AvgIpc) is 2.62. The van der Waals surface area contributed by atoms with Gasteiger partial charge in [-0.2, -0.15) is 5.26 Å². The number of rotatable bonds is 7. The van der Waals surface area contributed by atoms with Crippen LogP contribution in [0.5, 0.6) is 0 Å². The minimum absolute atomic E-state index is 0.0443. The smallest absolute Gasteiger partial charge is 0.232 e. The van der Waals surface area contributed by atoms with Crippen molar-refractivity contribution in [1.29, 1.82) is 5.26 Å². The summed E-state index contributed by atoms with van der Waals surface area (Å²) < 4.78 is 25.4. The highest BCUT2D eigenvalue weighted by molar-refractivity contribution is 7.92. The average molecular weight is 371 g/mol. The molecule has 0 atom stereocenters. The van der Waals surface area contributed by atoms with Crippen LogP contribution < -0.4 is 4.31 Å². The van der Waals surface area contributed by atoms with E-state index in [2.05, 4.69) is 0 Å². The number of amides is 1. The van der Waals surface area contributed by atoms with Crippen LogP contribution in [-0.4, -0.2) is 39.1 Å². The van der Waals surface area contributed by atoms with Crippen LogP contribution in [0.25, 0.3) is 0 Å². The van der Waals surface area contributed by atoms with Gasteiger partial charge in [0, 0.05) is 26.6 Å². The normalized spacial score (nSPS) is 10.8. The zero-order chi connectivity index (χ0) is 19.2. The van der Waals surface area contributed by atoms with Gasteiger partial charge in [0.15, 0.2) is 0 Å². The highest BCUT2D eigenvalue weighted by Gasteiger charge is 2.20. The van der Waals surface area contributed by atoms with E-state index in [9.17, 15) is 13.2 Å². The van der Waals surface area contributed by atoms with Crippen molar-refractivity contribution in [3.63, 3.8) is 0 Å². The number of nitriles is 1. The molecule has 0 spiro atoms. The summed E-state index contributed by atoms with van der Waals surface area (Å²) in [5, 5.41) is 8.85. The standard InChI is InChI=1S/C19H21N3O3S/c1-21(15-17-6-4-3-5-7-17)19(23)12-13-22(26(2,24)25)18-10-8-16(14-20)9-11-18/h3-11H,12-13,15H2,1-2H3. The quantitative estimate of drug-likeness (QED) is 0.748. The van der Waals surface area contributed by atoms with Crippen molar-refractivity contribution < 1.29 is 13.2 Å². The number of anilines is 1. The van der Waals surface area contributed by atoms with E-state index in [1.54, 1.807) is 36.2 Å². The predicted molar refractivity (Wildman–Crippen MR) is 101 cm³/mol. The first-order valence-electron chi connectivity index (χ1n) is 8.07. The lowest BCUT2D eigenvalue weighted by molar-refractivity contribution is -0.130. The van der Waals surface area contributed by atoms with Crippen molar-refractivity contribution in [2.45, 2.75) is 13.0 Å². The Kier molecular flexibility index (Phi) is 6.36. The maximum absolute atomic E-state index is 12.4. The minimum atomic E-state index is -3.54. The highest BCUT2D eigenvalue weighted by Crippen LogP contribution is 2.19. The van der Waals surface area contributed by atoms with E-state index >= 15 is 0 Å². The number of carbonyl (C=O) groups excluding carboxylic acids is 1. The van der Waals surface area contributed by atoms with Crippen LogP contribution in [-0.2, 0) is 21.4 Å². The largest absolute Gasteiger partial charge is 0.341 e. The van der Waals surface area contributed by atoms with Gasteiger partial charge >= 0.3 is 0 Å². The van der Waals surface area contributed by atoms with E-state index < -0.39 is 10.0 Å². The molecule has 0 bridgehead atoms. The van der Waals surface area contributed by atoms with Crippen molar-refractivity contribution in [1.82, 2.24) is 4.90 Å². The van der Waals surface area contributed by atoms with Crippen LogP contribution in [0.4, 0.5) is 5.69 Å². The molecule has 0 aromatic heterocycles. The molecule has 2 aromatic carbocycles. The van der Waals surface area contributed by atoms with Gasteiger partial charge in [0.25, 0.3) is 0 Å². The molecule has 0 unspecified atom stereocenters. The molecule has 0 saturated heterocycles. The first-order valence-corrected chi connectivity index (χ1v) is 9.92. The molecular weight excluding hydrogens is 350 g/mol. The van der Waals surface area contributed by atoms with Crippen LogP contribution in [0.15, 0.2) is 54.6 Å². The van der Waals surface area contributed by atoms with Gasteiger partial charge in [0.1, 0.15) is 0 Å². The second kappa shape index (κ2) is 8.50. The highest BCUT2D eigenvalue weighted by atomic mass is 32.2. The van der Waals surface area contributed by atoms with Gasteiger partial charge in [-0.25, -0.2) is 8.42 Å². The number of sulfonamides is 1. The summed E-state index contributed by atoms with van der Waals surface area (Å²) in [5.41, 5.74) is 1.89. The molecule has 0 saturated carbocycles. The Balaban J connectivity index is 2.04. The van der Waals surface area contributed by atoms with Crippen molar-refractivity contribution in [2.75, 3.05) is 24.2 Å². The van der Waals surface area contributed by atoms with Crippen LogP contribution in [0.2, 0.25) is 0 Å². The van der Waals surface area contributed by atoms with E-state index in [0.29, 0.717) is 17.8 Å². The molecule has 2 aromatic rings. The zero-order valence-corrected chi connectivity index (χ0v) is 15.6. The van der Waals surface area contributed by atoms with E-state index in [1.807, 2.05) is 36.4 Å². The fraction of sp³-hybridized carbons (Fsp3) is 0.263. The Labute approximate surface area is 154 Å². The SMILES string of the molecule is CN(Cc1ccccc1)C(=O)CCN(c1ccc(C#N)cc1)S(C)(=O)=O. The topological polar surface area (TPSA) is 81.5 Å². The van der Waals surface area contributed by atoms with Crippen LogP contribution in [0.3, 0.4) is 0 Å². The molecular formula is C19H21N3O3S. The molecule has 2 rings (SSSR count). The van der Waals surface area contributed by atoms with Gasteiger partial charge in [0.2, 0.25) is 15.9 Å². The summed E-state index contributed by atoms with van der Waals surface area (Å²) in [6.45, 7) is 0.512. The Morgan fingerprint density at radius 3 is 2.23 bits per heavy atom. The number of hydrogen-bond donors (Lipinski definition) is 0. The van der Waals surface area contributed by atoms with Crippen molar-refractivity contribution in [2.24, 2.45) is 0 Å². The lowest BCUT2D eigenvalue weighted by Gasteiger charge is -2.24. The Morgan fingerprint density at radius 1 is 1.08 bits per heavy atom. The summed E-state index contributed by atoms with van der Waals surface area (Å²) in [5.74, 6) is -0.142. The molecule has 0 aliphatic rings. The number of nitrogens with zero attached hydrogens (tertiary/aromatic N) is 3. The van der Waals surface area contributed by atoms with Crippen molar-refractivity contribution >= 4 is 21.6 Å². The third-order valence-corrected chi connectivity index (χ3v) is 5.10. The van der Waals surface area contributed by atoms with Crippen molar-refractivity contribution in [3.05, 3.63) is 65.7 Å². The molecule has 0 N–H and O–H groups in total. The third-order valence-electron chi connectivity index (χ3n) is 3.90. The fourth-order valence-electron chi connectivity index (χ4n) is 2.52. The Bertz CT molecular complexity index is 888. The summed E-state index contributed by atoms with van der Waals surface area (Å²) >= 11 is 0. The zero-order valence-electron chi connectivity index (χ0n) is 14.8. The molecule has 6 nitrogen and oxygen atoms in total. The monoisotopic (exact) mass is 371 g/mol. The summed E-state index contributed by atoms with van der Waals surface area (Å²) in [7, 11) is -1.84. The molecule has 0 aliphatic heterocycles. The van der Waals surface area contributed by atoms with Crippen LogP contribution in [0.1, 0.15) is 17.5 Å². The second-order valence-corrected chi connectivity index (χ2v) is 7.89. The van der Waals surface area contributed by atoms with E-state index in [4.69, 9.17) is 5.26 Å². The van der Waals surface area contributed by atoms with E-state index in [1.165, 1.54) is 4.31 Å².